The minimum absolute atomic E-state index is 0.0862. The van der Waals surface area contributed by atoms with Gasteiger partial charge < -0.3 is 20.4 Å². The molecule has 6 heteroatoms. The molecule has 2 N–H and O–H groups in total. The van der Waals surface area contributed by atoms with Crippen LogP contribution >= 0.6 is 0 Å². The van der Waals surface area contributed by atoms with Crippen molar-refractivity contribution in [2.75, 3.05) is 39.0 Å². The number of rotatable bonds is 5. The molecular formula is C16H24N4O2. The number of nitrogens with zero attached hydrogens (tertiary/aromatic N) is 2. The van der Waals surface area contributed by atoms with Crippen LogP contribution in [0.15, 0.2) is 30.3 Å². The van der Waals surface area contributed by atoms with E-state index in [4.69, 9.17) is 0 Å². The minimum Gasteiger partial charge on any atom is -0.337 e. The maximum absolute atomic E-state index is 12.0. The Morgan fingerprint density at radius 1 is 1.27 bits per heavy atom. The summed E-state index contributed by atoms with van der Waals surface area (Å²) in [5.41, 5.74) is 0.771. The summed E-state index contributed by atoms with van der Waals surface area (Å²) in [6.07, 6.45) is 1.26. The van der Waals surface area contributed by atoms with Gasteiger partial charge in [-0.25, -0.2) is 4.79 Å². The fourth-order valence-corrected chi connectivity index (χ4v) is 2.49. The smallest absolute Gasteiger partial charge is 0.317 e. The van der Waals surface area contributed by atoms with E-state index < -0.39 is 0 Å². The van der Waals surface area contributed by atoms with Gasteiger partial charge in [0.15, 0.2) is 0 Å². The Bertz CT molecular complexity index is 504. The van der Waals surface area contributed by atoms with E-state index in [9.17, 15) is 9.59 Å². The second-order valence-electron chi connectivity index (χ2n) is 5.75. The Labute approximate surface area is 131 Å². The summed E-state index contributed by atoms with van der Waals surface area (Å²) in [7, 11) is 4.06. The highest BCUT2D eigenvalue weighted by Crippen LogP contribution is 2.12. The van der Waals surface area contributed by atoms with Crippen molar-refractivity contribution in [2.45, 2.75) is 18.9 Å². The van der Waals surface area contributed by atoms with Crippen LogP contribution in [0, 0.1) is 0 Å². The van der Waals surface area contributed by atoms with Gasteiger partial charge in [-0.05, 0) is 32.6 Å². The predicted molar refractivity (Wildman–Crippen MR) is 86.8 cm³/mol. The maximum atomic E-state index is 12.0. The molecule has 120 valence electrons. The third-order valence-electron chi connectivity index (χ3n) is 3.87. The van der Waals surface area contributed by atoms with Crippen LogP contribution in [0.2, 0.25) is 0 Å². The molecule has 1 saturated heterocycles. The van der Waals surface area contributed by atoms with E-state index in [-0.39, 0.29) is 18.4 Å². The Morgan fingerprint density at radius 3 is 2.64 bits per heavy atom. The van der Waals surface area contributed by atoms with Gasteiger partial charge >= 0.3 is 6.03 Å². The van der Waals surface area contributed by atoms with Crippen molar-refractivity contribution in [3.8, 4) is 0 Å². The van der Waals surface area contributed by atoms with Gasteiger partial charge in [0.2, 0.25) is 5.91 Å². The lowest BCUT2D eigenvalue weighted by atomic mass is 10.2. The molecule has 0 aromatic heterocycles. The average molecular weight is 304 g/mol. The van der Waals surface area contributed by atoms with E-state index in [1.54, 1.807) is 4.90 Å². The quantitative estimate of drug-likeness (QED) is 0.863. The molecule has 0 bridgehead atoms. The summed E-state index contributed by atoms with van der Waals surface area (Å²) in [4.78, 5) is 27.7. The highest BCUT2D eigenvalue weighted by molar-refractivity contribution is 5.91. The fraction of sp³-hybridized carbons (Fsp3) is 0.500. The van der Waals surface area contributed by atoms with Gasteiger partial charge in [0.25, 0.3) is 0 Å². The van der Waals surface area contributed by atoms with Crippen LogP contribution in [-0.2, 0) is 4.79 Å². The highest BCUT2D eigenvalue weighted by atomic mass is 16.2. The van der Waals surface area contributed by atoms with Crippen LogP contribution in [-0.4, -0.2) is 61.5 Å². The molecule has 0 unspecified atom stereocenters. The maximum Gasteiger partial charge on any atom is 0.317 e. The number of likely N-dealkylation sites (tertiary alicyclic amines) is 1. The number of benzene rings is 1. The summed E-state index contributed by atoms with van der Waals surface area (Å²) < 4.78 is 0. The van der Waals surface area contributed by atoms with E-state index in [1.807, 2.05) is 44.4 Å². The Morgan fingerprint density at radius 2 is 2.00 bits per heavy atom. The van der Waals surface area contributed by atoms with Crippen molar-refractivity contribution in [1.29, 1.82) is 0 Å². The molecule has 1 aromatic carbocycles. The third-order valence-corrected chi connectivity index (χ3v) is 3.87. The summed E-state index contributed by atoms with van der Waals surface area (Å²) in [5.74, 6) is -0.0981. The van der Waals surface area contributed by atoms with Gasteiger partial charge in [-0.2, -0.15) is 0 Å². The summed E-state index contributed by atoms with van der Waals surface area (Å²) in [6.45, 7) is 1.86. The molecule has 1 aliphatic heterocycles. The normalized spacial score (nSPS) is 17.6. The van der Waals surface area contributed by atoms with Crippen molar-refractivity contribution in [3.05, 3.63) is 30.3 Å². The first-order valence-corrected chi connectivity index (χ1v) is 7.60. The zero-order valence-corrected chi connectivity index (χ0v) is 13.2. The molecule has 3 amide bonds. The predicted octanol–water partition coefficient (Wildman–Crippen LogP) is 1.36. The minimum atomic E-state index is -0.0981. The number of hydrogen-bond acceptors (Lipinski definition) is 3. The van der Waals surface area contributed by atoms with Crippen molar-refractivity contribution < 1.29 is 9.59 Å². The number of nitrogens with one attached hydrogen (secondary N) is 2. The zero-order valence-electron chi connectivity index (χ0n) is 13.2. The lowest BCUT2D eigenvalue weighted by molar-refractivity contribution is -0.116. The van der Waals surface area contributed by atoms with Crippen molar-refractivity contribution in [3.63, 3.8) is 0 Å². The molecule has 1 fully saturated rings. The van der Waals surface area contributed by atoms with Gasteiger partial charge in [0.05, 0.1) is 0 Å². The molecule has 1 atom stereocenters. The van der Waals surface area contributed by atoms with Crippen molar-refractivity contribution in [2.24, 2.45) is 0 Å². The molecule has 0 saturated carbocycles. The lowest BCUT2D eigenvalue weighted by Crippen LogP contribution is -2.41. The molecule has 22 heavy (non-hydrogen) atoms. The van der Waals surface area contributed by atoms with E-state index in [0.717, 1.165) is 25.2 Å². The van der Waals surface area contributed by atoms with E-state index in [2.05, 4.69) is 15.5 Å². The van der Waals surface area contributed by atoms with Crippen LogP contribution in [0.1, 0.15) is 12.8 Å². The lowest BCUT2D eigenvalue weighted by Gasteiger charge is -2.20. The van der Waals surface area contributed by atoms with Gasteiger partial charge in [-0.15, -0.1) is 0 Å². The van der Waals surface area contributed by atoms with Crippen LogP contribution in [0.25, 0.3) is 0 Å². The summed E-state index contributed by atoms with van der Waals surface area (Å²) in [6, 6.07) is 9.64. The summed E-state index contributed by atoms with van der Waals surface area (Å²) in [5, 5.41) is 5.61. The van der Waals surface area contributed by atoms with Crippen LogP contribution in [0.4, 0.5) is 10.5 Å². The molecule has 0 radical (unpaired) electrons. The monoisotopic (exact) mass is 304 g/mol. The fourth-order valence-electron chi connectivity index (χ4n) is 2.49. The first-order valence-electron chi connectivity index (χ1n) is 7.60. The number of urea groups is 1. The molecule has 0 spiro atoms. The average Bonchev–Trinajstić information content (AvgIpc) is 2.98. The topological polar surface area (TPSA) is 64.7 Å². The number of hydrogen-bond donors (Lipinski definition) is 2. The Balaban J connectivity index is 1.66. The van der Waals surface area contributed by atoms with Gasteiger partial charge in [-0.1, -0.05) is 18.2 Å². The second kappa shape index (κ2) is 7.79. The number of carbonyl (C=O) groups excluding carboxylic acids is 2. The number of carbonyl (C=O) groups is 2. The second-order valence-corrected chi connectivity index (χ2v) is 5.75. The van der Waals surface area contributed by atoms with Gasteiger partial charge in [0.1, 0.15) is 0 Å². The van der Waals surface area contributed by atoms with E-state index in [1.165, 1.54) is 0 Å². The highest BCUT2D eigenvalue weighted by Gasteiger charge is 2.27. The van der Waals surface area contributed by atoms with Crippen LogP contribution in [0.3, 0.4) is 0 Å². The third kappa shape index (κ3) is 4.73. The molecule has 0 aliphatic carbocycles. The zero-order chi connectivity index (χ0) is 15.9. The Hall–Kier alpha value is -2.08. The molecule has 1 heterocycles. The first-order chi connectivity index (χ1) is 10.6. The molecule has 1 aromatic rings. The Kier molecular flexibility index (Phi) is 5.77. The van der Waals surface area contributed by atoms with Crippen LogP contribution in [0.5, 0.6) is 0 Å². The first kappa shape index (κ1) is 16.3. The number of amides is 3. The number of para-hydroxylation sites is 1. The molecular weight excluding hydrogens is 280 g/mol. The van der Waals surface area contributed by atoms with E-state index in [0.29, 0.717) is 12.6 Å². The largest absolute Gasteiger partial charge is 0.337 e. The standard InChI is InChI=1S/C16H24N4O2/c1-19(2)14-9-11-20(12-14)16(22)17-10-8-15(21)18-13-6-4-3-5-7-13/h3-7,14H,8-12H2,1-2H3,(H,17,22)(H,18,21)/t14-/m0/s1. The van der Waals surface area contributed by atoms with Crippen molar-refractivity contribution >= 4 is 17.6 Å². The number of likely N-dealkylation sites (N-methyl/N-ethyl adjacent to an activating group) is 1. The van der Waals surface area contributed by atoms with Gasteiger partial charge in [0, 0.05) is 37.8 Å². The van der Waals surface area contributed by atoms with Gasteiger partial charge in [-0.3, -0.25) is 4.79 Å². The van der Waals surface area contributed by atoms with Crippen LogP contribution < -0.4 is 10.6 Å². The SMILES string of the molecule is CN(C)[C@H]1CCN(C(=O)NCCC(=O)Nc2ccccc2)C1. The van der Waals surface area contributed by atoms with E-state index >= 15 is 0 Å². The molecule has 1 aliphatic rings. The summed E-state index contributed by atoms with van der Waals surface area (Å²) >= 11 is 0. The number of anilines is 1. The van der Waals surface area contributed by atoms with Crippen molar-refractivity contribution in [1.82, 2.24) is 15.1 Å². The molecule has 2 rings (SSSR count). The molecule has 6 nitrogen and oxygen atoms in total.